The van der Waals surface area contributed by atoms with Crippen LogP contribution in [0.3, 0.4) is 0 Å². The topological polar surface area (TPSA) is 58.4 Å². The Balaban J connectivity index is 1.50. The van der Waals surface area contributed by atoms with Crippen molar-refractivity contribution in [2.75, 3.05) is 26.2 Å². The lowest BCUT2D eigenvalue weighted by Gasteiger charge is -2.22. The number of carbonyl (C=O) groups excluding carboxylic acids is 2. The lowest BCUT2D eigenvalue weighted by molar-refractivity contribution is 0.0719. The van der Waals surface area contributed by atoms with E-state index in [4.69, 9.17) is 0 Å². The van der Waals surface area contributed by atoms with Gasteiger partial charge in [-0.1, -0.05) is 0 Å². The number of aromatic nitrogens is 2. The van der Waals surface area contributed by atoms with Crippen LogP contribution in [0.1, 0.15) is 38.5 Å². The number of hydrogen-bond donors (Lipinski definition) is 0. The summed E-state index contributed by atoms with van der Waals surface area (Å²) < 4.78 is 2.13. The highest BCUT2D eigenvalue weighted by molar-refractivity contribution is 7.13. The van der Waals surface area contributed by atoms with Gasteiger partial charge in [0.25, 0.3) is 11.8 Å². The fourth-order valence-electron chi connectivity index (χ4n) is 3.80. The van der Waals surface area contributed by atoms with Crippen LogP contribution in [-0.4, -0.2) is 57.3 Å². The summed E-state index contributed by atoms with van der Waals surface area (Å²) in [7, 11) is 0. The lowest BCUT2D eigenvalue weighted by Crippen LogP contribution is -2.37. The molecule has 1 aliphatic heterocycles. The molecule has 0 radical (unpaired) electrons. The molecule has 4 heterocycles. The first kappa shape index (κ1) is 19.4. The van der Waals surface area contributed by atoms with Crippen molar-refractivity contribution in [3.63, 3.8) is 0 Å². The zero-order valence-corrected chi connectivity index (χ0v) is 17.5. The second kappa shape index (κ2) is 8.21. The van der Waals surface area contributed by atoms with Crippen molar-refractivity contribution in [3.05, 3.63) is 70.6 Å². The van der Waals surface area contributed by atoms with Crippen molar-refractivity contribution >= 4 is 23.2 Å². The molecule has 0 N–H and O–H groups in total. The molecule has 3 aromatic rings. The van der Waals surface area contributed by atoms with Gasteiger partial charge in [-0.25, -0.2) is 0 Å². The maximum Gasteiger partial charge on any atom is 0.256 e. The molecule has 7 heteroatoms. The summed E-state index contributed by atoms with van der Waals surface area (Å²) in [4.78, 5) is 33.7. The third-order valence-corrected chi connectivity index (χ3v) is 6.24. The van der Waals surface area contributed by atoms with E-state index in [1.165, 1.54) is 0 Å². The maximum absolute atomic E-state index is 13.3. The molecule has 3 aromatic heterocycles. The summed E-state index contributed by atoms with van der Waals surface area (Å²) >= 11 is 1.58. The largest absolute Gasteiger partial charge is 0.337 e. The van der Waals surface area contributed by atoms with Gasteiger partial charge >= 0.3 is 0 Å². The number of hydrogen-bond acceptors (Lipinski definition) is 4. The van der Waals surface area contributed by atoms with Gasteiger partial charge in [-0.15, -0.1) is 11.3 Å². The Bertz CT molecular complexity index is 1010. The molecule has 1 fully saturated rings. The summed E-state index contributed by atoms with van der Waals surface area (Å²) in [5.41, 5.74) is 3.60. The zero-order chi connectivity index (χ0) is 20.4. The second-order valence-electron chi connectivity index (χ2n) is 7.26. The van der Waals surface area contributed by atoms with Crippen molar-refractivity contribution < 1.29 is 9.59 Å². The van der Waals surface area contributed by atoms with Crippen molar-refractivity contribution in [2.24, 2.45) is 0 Å². The van der Waals surface area contributed by atoms with Crippen LogP contribution in [0.15, 0.2) is 48.1 Å². The van der Waals surface area contributed by atoms with E-state index in [1.54, 1.807) is 35.9 Å². The Labute approximate surface area is 174 Å². The zero-order valence-electron chi connectivity index (χ0n) is 16.7. The number of rotatable bonds is 3. The predicted octanol–water partition coefficient (Wildman–Crippen LogP) is 3.54. The minimum atomic E-state index is -0.00323. The van der Waals surface area contributed by atoms with E-state index >= 15 is 0 Å². The van der Waals surface area contributed by atoms with Crippen LogP contribution in [0.25, 0.3) is 5.00 Å². The smallest absolute Gasteiger partial charge is 0.256 e. The Hall–Kier alpha value is -2.93. The first-order valence-electron chi connectivity index (χ1n) is 9.77. The fourth-order valence-corrected chi connectivity index (χ4v) is 4.81. The van der Waals surface area contributed by atoms with Gasteiger partial charge in [0.15, 0.2) is 0 Å². The molecular formula is C22H24N4O2S. The second-order valence-corrected chi connectivity index (χ2v) is 8.16. The minimum Gasteiger partial charge on any atom is -0.337 e. The van der Waals surface area contributed by atoms with Crippen molar-refractivity contribution in [3.8, 4) is 5.00 Å². The molecule has 0 bridgehead atoms. The standard InChI is InChI=1S/C22H24N4O2S/c1-16-4-5-17(2)26(16)22-19(8-15-29-22)21(28)25-12-3-11-24(13-14-25)20(27)18-6-9-23-10-7-18/h4-10,15H,3,11-14H2,1-2H3. The predicted molar refractivity (Wildman–Crippen MR) is 114 cm³/mol. The molecule has 29 heavy (non-hydrogen) atoms. The molecule has 0 atom stereocenters. The molecular weight excluding hydrogens is 384 g/mol. The quantitative estimate of drug-likeness (QED) is 0.666. The van der Waals surface area contributed by atoms with Crippen LogP contribution in [0, 0.1) is 13.8 Å². The molecule has 0 unspecified atom stereocenters. The summed E-state index contributed by atoms with van der Waals surface area (Å²) in [5, 5.41) is 2.93. The number of carbonyl (C=O) groups is 2. The molecule has 1 saturated heterocycles. The summed E-state index contributed by atoms with van der Waals surface area (Å²) in [6.45, 7) is 6.47. The van der Waals surface area contributed by atoms with Crippen molar-refractivity contribution in [2.45, 2.75) is 20.3 Å². The number of thiophene rings is 1. The van der Waals surface area contributed by atoms with Crippen LogP contribution in [0.5, 0.6) is 0 Å². The summed E-state index contributed by atoms with van der Waals surface area (Å²) in [6.07, 6.45) is 4.03. The van der Waals surface area contributed by atoms with E-state index in [0.717, 1.165) is 28.4 Å². The fraction of sp³-hybridized carbons (Fsp3) is 0.318. The van der Waals surface area contributed by atoms with Crippen LogP contribution in [-0.2, 0) is 0 Å². The highest BCUT2D eigenvalue weighted by atomic mass is 32.1. The van der Waals surface area contributed by atoms with E-state index in [0.29, 0.717) is 31.7 Å². The van der Waals surface area contributed by atoms with E-state index in [2.05, 4.69) is 35.5 Å². The monoisotopic (exact) mass is 408 g/mol. The molecule has 0 aromatic carbocycles. The molecule has 150 valence electrons. The van der Waals surface area contributed by atoms with Crippen LogP contribution < -0.4 is 0 Å². The molecule has 2 amide bonds. The first-order valence-corrected chi connectivity index (χ1v) is 10.7. The molecule has 4 rings (SSSR count). The first-order chi connectivity index (χ1) is 14.1. The number of aryl methyl sites for hydroxylation is 2. The molecule has 0 saturated carbocycles. The average Bonchev–Trinajstić information content (AvgIpc) is 3.24. The van der Waals surface area contributed by atoms with Gasteiger partial charge in [0.05, 0.1) is 5.56 Å². The summed E-state index contributed by atoms with van der Waals surface area (Å²) in [6, 6.07) is 9.51. The average molecular weight is 409 g/mol. The molecule has 0 spiro atoms. The highest BCUT2D eigenvalue weighted by Crippen LogP contribution is 2.27. The molecule has 0 aliphatic carbocycles. The van der Waals surface area contributed by atoms with Gasteiger partial charge < -0.3 is 14.4 Å². The van der Waals surface area contributed by atoms with E-state index in [-0.39, 0.29) is 11.8 Å². The van der Waals surface area contributed by atoms with Gasteiger partial charge in [0.1, 0.15) is 5.00 Å². The highest BCUT2D eigenvalue weighted by Gasteiger charge is 2.26. The number of pyridine rings is 1. The van der Waals surface area contributed by atoms with Crippen molar-refractivity contribution in [1.82, 2.24) is 19.4 Å². The van der Waals surface area contributed by atoms with Gasteiger partial charge in [0, 0.05) is 55.5 Å². The Morgan fingerprint density at radius 2 is 1.48 bits per heavy atom. The Morgan fingerprint density at radius 3 is 2.14 bits per heavy atom. The number of amides is 2. The van der Waals surface area contributed by atoms with Gasteiger partial charge in [0.2, 0.25) is 0 Å². The maximum atomic E-state index is 13.3. The van der Waals surface area contributed by atoms with E-state index in [9.17, 15) is 9.59 Å². The van der Waals surface area contributed by atoms with Crippen molar-refractivity contribution in [1.29, 1.82) is 0 Å². The molecule has 1 aliphatic rings. The van der Waals surface area contributed by atoms with E-state index < -0.39 is 0 Å². The van der Waals surface area contributed by atoms with Gasteiger partial charge in [-0.05, 0) is 56.0 Å². The van der Waals surface area contributed by atoms with Gasteiger partial charge in [-0.2, -0.15) is 0 Å². The summed E-state index contributed by atoms with van der Waals surface area (Å²) in [5.74, 6) is 0.0310. The Morgan fingerprint density at radius 1 is 0.862 bits per heavy atom. The van der Waals surface area contributed by atoms with E-state index in [1.807, 2.05) is 21.2 Å². The van der Waals surface area contributed by atoms with Gasteiger partial charge in [-0.3, -0.25) is 14.6 Å². The third-order valence-electron chi connectivity index (χ3n) is 5.35. The molecule has 6 nitrogen and oxygen atoms in total. The third kappa shape index (κ3) is 3.82. The van der Waals surface area contributed by atoms with Crippen LogP contribution >= 0.6 is 11.3 Å². The number of nitrogens with zero attached hydrogens (tertiary/aromatic N) is 4. The SMILES string of the molecule is Cc1ccc(C)n1-c1sccc1C(=O)N1CCCN(C(=O)c2ccncc2)CC1. The lowest BCUT2D eigenvalue weighted by atomic mass is 10.2. The Kier molecular flexibility index (Phi) is 5.49. The van der Waals surface area contributed by atoms with Crippen LogP contribution in [0.2, 0.25) is 0 Å². The minimum absolute atomic E-state index is 0.00323. The normalized spacial score (nSPS) is 14.7. The van der Waals surface area contributed by atoms with Crippen LogP contribution in [0.4, 0.5) is 0 Å².